The van der Waals surface area contributed by atoms with Crippen LogP contribution in [0.2, 0.25) is 10.0 Å². The molecule has 100 valence electrons. The number of rotatable bonds is 4. The predicted molar refractivity (Wildman–Crippen MR) is 78.4 cm³/mol. The van der Waals surface area contributed by atoms with Gasteiger partial charge in [-0.15, -0.1) is 0 Å². The van der Waals surface area contributed by atoms with Crippen LogP contribution in [0.1, 0.15) is 5.69 Å². The second-order valence-corrected chi connectivity index (χ2v) is 4.76. The fourth-order valence-corrected chi connectivity index (χ4v) is 2.19. The number of nitrogens with two attached hydrogens (primary N) is 1. The van der Waals surface area contributed by atoms with Crippen molar-refractivity contribution in [3.05, 3.63) is 46.2 Å². The Kier molecular flexibility index (Phi) is 4.42. The van der Waals surface area contributed by atoms with Gasteiger partial charge in [0.1, 0.15) is 5.82 Å². The van der Waals surface area contributed by atoms with Crippen LogP contribution in [0.3, 0.4) is 0 Å². The van der Waals surface area contributed by atoms with Crippen molar-refractivity contribution >= 4 is 34.8 Å². The highest BCUT2D eigenvalue weighted by Gasteiger charge is 2.13. The van der Waals surface area contributed by atoms with Crippen molar-refractivity contribution in [1.29, 1.82) is 0 Å². The smallest absolute Gasteiger partial charge is 0.161 e. The van der Waals surface area contributed by atoms with E-state index in [1.165, 1.54) is 0 Å². The molecule has 0 aromatic carbocycles. The maximum absolute atomic E-state index is 6.14. The third-order valence-electron chi connectivity index (χ3n) is 2.53. The number of hydrazine groups is 1. The Morgan fingerprint density at radius 1 is 1.32 bits per heavy atom. The lowest BCUT2D eigenvalue weighted by atomic mass is 10.3. The highest BCUT2D eigenvalue weighted by atomic mass is 35.5. The number of nitrogens with zero attached hydrogens (tertiary/aromatic N) is 3. The number of hydrogen-bond acceptors (Lipinski definition) is 5. The average Bonchev–Trinajstić information content (AvgIpc) is 2.40. The van der Waals surface area contributed by atoms with Gasteiger partial charge in [-0.1, -0.05) is 29.3 Å². The molecule has 0 spiro atoms. The largest absolute Gasteiger partial charge is 0.352 e. The van der Waals surface area contributed by atoms with Crippen LogP contribution in [0.5, 0.6) is 0 Å². The fraction of sp³-hybridized carbons (Fsp3) is 0.167. The highest BCUT2D eigenvalue weighted by Crippen LogP contribution is 2.30. The Morgan fingerprint density at radius 3 is 2.74 bits per heavy atom. The minimum atomic E-state index is 0.377. The number of halogens is 2. The van der Waals surface area contributed by atoms with E-state index in [4.69, 9.17) is 29.0 Å². The molecule has 0 atom stereocenters. The second-order valence-electron chi connectivity index (χ2n) is 3.95. The summed E-state index contributed by atoms with van der Waals surface area (Å²) in [5.41, 5.74) is 3.35. The molecule has 2 rings (SSSR count). The number of aromatic nitrogens is 2. The van der Waals surface area contributed by atoms with Gasteiger partial charge >= 0.3 is 0 Å². The van der Waals surface area contributed by atoms with E-state index in [2.05, 4.69) is 15.4 Å². The Bertz CT molecular complexity index is 562. The minimum Gasteiger partial charge on any atom is -0.352 e. The molecule has 0 aliphatic carbocycles. The van der Waals surface area contributed by atoms with Crippen LogP contribution in [0.15, 0.2) is 30.5 Å². The quantitative estimate of drug-likeness (QED) is 0.671. The Morgan fingerprint density at radius 2 is 2.11 bits per heavy atom. The van der Waals surface area contributed by atoms with E-state index in [0.29, 0.717) is 28.2 Å². The summed E-state index contributed by atoms with van der Waals surface area (Å²) in [4.78, 5) is 10.4. The SMILES string of the molecule is CN(Cc1ccccn1)c1nc(NN)c(Cl)cc1Cl. The van der Waals surface area contributed by atoms with Crippen molar-refractivity contribution in [2.75, 3.05) is 17.4 Å². The van der Waals surface area contributed by atoms with Crippen LogP contribution in [-0.2, 0) is 6.54 Å². The van der Waals surface area contributed by atoms with E-state index in [-0.39, 0.29) is 0 Å². The summed E-state index contributed by atoms with van der Waals surface area (Å²) in [7, 11) is 1.87. The first kappa shape index (κ1) is 13.9. The third-order valence-corrected chi connectivity index (χ3v) is 3.10. The van der Waals surface area contributed by atoms with Gasteiger partial charge in [-0.05, 0) is 18.2 Å². The molecule has 0 aliphatic rings. The van der Waals surface area contributed by atoms with Crippen molar-refractivity contribution in [3.8, 4) is 0 Å². The molecule has 19 heavy (non-hydrogen) atoms. The molecule has 0 bridgehead atoms. The van der Waals surface area contributed by atoms with E-state index in [1.54, 1.807) is 12.3 Å². The molecule has 0 amide bonds. The highest BCUT2D eigenvalue weighted by molar-refractivity contribution is 6.37. The Labute approximate surface area is 121 Å². The first-order valence-electron chi connectivity index (χ1n) is 5.55. The van der Waals surface area contributed by atoms with Crippen molar-refractivity contribution in [1.82, 2.24) is 9.97 Å². The average molecular weight is 298 g/mol. The van der Waals surface area contributed by atoms with Gasteiger partial charge in [-0.25, -0.2) is 10.8 Å². The maximum Gasteiger partial charge on any atom is 0.161 e. The molecular weight excluding hydrogens is 285 g/mol. The van der Waals surface area contributed by atoms with Gasteiger partial charge in [0, 0.05) is 13.2 Å². The zero-order valence-electron chi connectivity index (χ0n) is 10.3. The lowest BCUT2D eigenvalue weighted by Crippen LogP contribution is -2.20. The van der Waals surface area contributed by atoms with Crippen LogP contribution < -0.4 is 16.2 Å². The standard InChI is InChI=1S/C12H13Cl2N5/c1-19(7-8-4-2-3-5-16-8)12-10(14)6-9(13)11(17-12)18-15/h2-6H,7,15H2,1H3,(H,17,18). The molecule has 3 N–H and O–H groups in total. The molecule has 0 aliphatic heterocycles. The Balaban J connectivity index is 2.26. The molecule has 2 heterocycles. The van der Waals surface area contributed by atoms with Crippen LogP contribution in [-0.4, -0.2) is 17.0 Å². The van der Waals surface area contributed by atoms with Crippen LogP contribution in [0, 0.1) is 0 Å². The third kappa shape index (κ3) is 3.26. The first-order chi connectivity index (χ1) is 9.11. The molecule has 2 aromatic heterocycles. The molecule has 5 nitrogen and oxygen atoms in total. The molecular formula is C12H13Cl2N5. The molecule has 0 saturated carbocycles. The topological polar surface area (TPSA) is 67.1 Å². The van der Waals surface area contributed by atoms with Gasteiger partial charge in [0.2, 0.25) is 0 Å². The molecule has 7 heteroatoms. The number of nitrogens with one attached hydrogen (secondary N) is 1. The summed E-state index contributed by atoms with van der Waals surface area (Å²) in [6, 6.07) is 7.34. The van der Waals surface area contributed by atoms with E-state index in [1.807, 2.05) is 30.1 Å². The molecule has 0 unspecified atom stereocenters. The summed E-state index contributed by atoms with van der Waals surface area (Å²) in [5, 5.41) is 0.838. The fourth-order valence-electron chi connectivity index (χ4n) is 1.64. The first-order valence-corrected chi connectivity index (χ1v) is 6.31. The van der Waals surface area contributed by atoms with Gasteiger partial charge in [0.25, 0.3) is 0 Å². The monoisotopic (exact) mass is 297 g/mol. The van der Waals surface area contributed by atoms with Gasteiger partial charge in [-0.2, -0.15) is 0 Å². The number of hydrogen-bond donors (Lipinski definition) is 2. The summed E-state index contributed by atoms with van der Waals surface area (Å²) < 4.78 is 0. The minimum absolute atomic E-state index is 0.377. The van der Waals surface area contributed by atoms with Crippen molar-refractivity contribution in [2.45, 2.75) is 6.54 Å². The lowest BCUT2D eigenvalue weighted by molar-refractivity contribution is 0.866. The summed E-state index contributed by atoms with van der Waals surface area (Å²) in [6.45, 7) is 0.583. The summed E-state index contributed by atoms with van der Waals surface area (Å²) in [6.07, 6.45) is 1.74. The zero-order chi connectivity index (χ0) is 13.8. The van der Waals surface area contributed by atoms with E-state index in [0.717, 1.165) is 5.69 Å². The van der Waals surface area contributed by atoms with Crippen LogP contribution in [0.4, 0.5) is 11.6 Å². The maximum atomic E-state index is 6.14. The summed E-state index contributed by atoms with van der Waals surface area (Å²) >= 11 is 12.1. The number of anilines is 2. The van der Waals surface area contributed by atoms with E-state index >= 15 is 0 Å². The normalized spacial score (nSPS) is 10.3. The van der Waals surface area contributed by atoms with Gasteiger partial charge in [0.15, 0.2) is 5.82 Å². The predicted octanol–water partition coefficient (Wildman–Crippen LogP) is 2.71. The molecule has 0 saturated heterocycles. The van der Waals surface area contributed by atoms with Gasteiger partial charge in [0.05, 0.1) is 22.3 Å². The molecule has 2 aromatic rings. The number of pyridine rings is 2. The zero-order valence-corrected chi connectivity index (χ0v) is 11.8. The second kappa shape index (κ2) is 6.06. The van der Waals surface area contributed by atoms with E-state index in [9.17, 15) is 0 Å². The molecule has 0 radical (unpaired) electrons. The lowest BCUT2D eigenvalue weighted by Gasteiger charge is -2.20. The van der Waals surface area contributed by atoms with E-state index < -0.39 is 0 Å². The van der Waals surface area contributed by atoms with Crippen molar-refractivity contribution < 1.29 is 0 Å². The van der Waals surface area contributed by atoms with Gasteiger partial charge in [-0.3, -0.25) is 4.98 Å². The summed E-state index contributed by atoms with van der Waals surface area (Å²) in [5.74, 6) is 6.32. The van der Waals surface area contributed by atoms with Crippen LogP contribution in [0.25, 0.3) is 0 Å². The van der Waals surface area contributed by atoms with Crippen LogP contribution >= 0.6 is 23.2 Å². The molecule has 0 fully saturated rings. The van der Waals surface area contributed by atoms with Gasteiger partial charge < -0.3 is 10.3 Å². The number of nitrogen functional groups attached to an aromatic ring is 1. The Hall–Kier alpha value is -1.56. The van der Waals surface area contributed by atoms with Crippen molar-refractivity contribution in [3.63, 3.8) is 0 Å². The van der Waals surface area contributed by atoms with Crippen molar-refractivity contribution in [2.24, 2.45) is 5.84 Å².